The van der Waals surface area contributed by atoms with Crippen LogP contribution in [0.5, 0.6) is 0 Å². The zero-order valence-electron chi connectivity index (χ0n) is 15.6. The zero-order valence-corrected chi connectivity index (χ0v) is 15.6. The lowest BCUT2D eigenvalue weighted by Crippen LogP contribution is -2.36. The maximum Gasteiger partial charge on any atom is 0.416 e. The van der Waals surface area contributed by atoms with Crippen molar-refractivity contribution in [2.45, 2.75) is 32.0 Å². The van der Waals surface area contributed by atoms with Crippen LogP contribution in [0.2, 0.25) is 0 Å². The summed E-state index contributed by atoms with van der Waals surface area (Å²) in [5.74, 6) is -1.19. The molecule has 0 spiro atoms. The predicted octanol–water partition coefficient (Wildman–Crippen LogP) is 4.33. The Labute approximate surface area is 161 Å². The molecule has 1 saturated heterocycles. The second-order valence-electron chi connectivity index (χ2n) is 7.28. The Bertz CT molecular complexity index is 828. The molecule has 1 heterocycles. The Kier molecular flexibility index (Phi) is 5.74. The zero-order chi connectivity index (χ0) is 20.5. The molecule has 7 heteroatoms. The van der Waals surface area contributed by atoms with E-state index in [9.17, 15) is 22.4 Å². The number of hydrogen-bond donors (Lipinski definition) is 2. The molecule has 1 fully saturated rings. The Morgan fingerprint density at radius 3 is 2.43 bits per heavy atom. The minimum Gasteiger partial charge on any atom is -0.349 e. The molecule has 2 N–H and O–H groups in total. The van der Waals surface area contributed by atoms with Crippen LogP contribution >= 0.6 is 0 Å². The lowest BCUT2D eigenvalue weighted by atomic mass is 9.87. The predicted molar refractivity (Wildman–Crippen MR) is 98.2 cm³/mol. The molecule has 0 aromatic heterocycles. The molecule has 3 atom stereocenters. The van der Waals surface area contributed by atoms with E-state index in [4.69, 9.17) is 0 Å². The van der Waals surface area contributed by atoms with Crippen molar-refractivity contribution >= 4 is 5.91 Å². The second kappa shape index (κ2) is 7.91. The first-order valence-electron chi connectivity index (χ1n) is 9.10. The van der Waals surface area contributed by atoms with Gasteiger partial charge in [0.2, 0.25) is 5.91 Å². The van der Waals surface area contributed by atoms with Gasteiger partial charge in [0.1, 0.15) is 5.82 Å². The van der Waals surface area contributed by atoms with Crippen molar-refractivity contribution in [1.82, 2.24) is 10.6 Å². The van der Waals surface area contributed by atoms with Gasteiger partial charge >= 0.3 is 6.18 Å². The third-order valence-corrected chi connectivity index (χ3v) is 5.14. The van der Waals surface area contributed by atoms with Crippen LogP contribution < -0.4 is 10.6 Å². The van der Waals surface area contributed by atoms with E-state index < -0.39 is 17.7 Å². The molecule has 28 heavy (non-hydrogen) atoms. The van der Waals surface area contributed by atoms with Crippen LogP contribution in [0.1, 0.15) is 41.1 Å². The fourth-order valence-electron chi connectivity index (χ4n) is 3.64. The lowest BCUT2D eigenvalue weighted by Gasteiger charge is -2.22. The van der Waals surface area contributed by atoms with Gasteiger partial charge in [-0.3, -0.25) is 4.79 Å². The summed E-state index contributed by atoms with van der Waals surface area (Å²) < 4.78 is 51.9. The molecule has 0 bridgehead atoms. The Hall–Kier alpha value is -2.41. The Balaban J connectivity index is 1.72. The normalized spacial score (nSPS) is 20.8. The van der Waals surface area contributed by atoms with Crippen molar-refractivity contribution in [2.75, 3.05) is 13.1 Å². The number of aryl methyl sites for hydroxylation is 1. The van der Waals surface area contributed by atoms with Crippen molar-refractivity contribution in [2.24, 2.45) is 5.92 Å². The number of hydrogen-bond acceptors (Lipinski definition) is 2. The van der Waals surface area contributed by atoms with E-state index in [0.717, 1.165) is 17.7 Å². The van der Waals surface area contributed by atoms with Gasteiger partial charge in [0, 0.05) is 19.0 Å². The summed E-state index contributed by atoms with van der Waals surface area (Å²) in [4.78, 5) is 12.8. The van der Waals surface area contributed by atoms with Gasteiger partial charge in [-0.2, -0.15) is 13.2 Å². The maximum atomic E-state index is 13.6. The van der Waals surface area contributed by atoms with E-state index in [-0.39, 0.29) is 23.7 Å². The van der Waals surface area contributed by atoms with E-state index in [2.05, 4.69) is 10.6 Å². The van der Waals surface area contributed by atoms with Crippen LogP contribution in [0, 0.1) is 18.7 Å². The lowest BCUT2D eigenvalue weighted by molar-refractivity contribution is -0.137. The SMILES string of the molecule is Cc1cc(F)cc(C(C)NC(=O)C2CNCC2c2ccc(C(F)(F)F)cc2)c1. The molecule has 3 nitrogen and oxygen atoms in total. The second-order valence-corrected chi connectivity index (χ2v) is 7.28. The molecule has 3 rings (SSSR count). The maximum absolute atomic E-state index is 13.6. The fourth-order valence-corrected chi connectivity index (χ4v) is 3.64. The van der Waals surface area contributed by atoms with Crippen molar-refractivity contribution in [3.05, 3.63) is 70.5 Å². The van der Waals surface area contributed by atoms with Gasteiger partial charge in [0.15, 0.2) is 0 Å². The van der Waals surface area contributed by atoms with Gasteiger partial charge in [0.05, 0.1) is 17.5 Å². The highest BCUT2D eigenvalue weighted by molar-refractivity contribution is 5.81. The monoisotopic (exact) mass is 394 g/mol. The van der Waals surface area contributed by atoms with Crippen molar-refractivity contribution in [3.63, 3.8) is 0 Å². The van der Waals surface area contributed by atoms with Crippen LogP contribution in [0.25, 0.3) is 0 Å². The van der Waals surface area contributed by atoms with Gasteiger partial charge in [-0.1, -0.05) is 18.2 Å². The smallest absolute Gasteiger partial charge is 0.349 e. The van der Waals surface area contributed by atoms with Gasteiger partial charge in [-0.25, -0.2) is 4.39 Å². The molecule has 1 aliphatic heterocycles. The third-order valence-electron chi connectivity index (χ3n) is 5.14. The molecule has 0 radical (unpaired) electrons. The molecule has 3 unspecified atom stereocenters. The molecule has 150 valence electrons. The summed E-state index contributed by atoms with van der Waals surface area (Å²) in [5.41, 5.74) is 1.41. The van der Waals surface area contributed by atoms with E-state index >= 15 is 0 Å². The minimum absolute atomic E-state index is 0.204. The fraction of sp³-hybridized carbons (Fsp3) is 0.381. The molecule has 1 amide bonds. The number of carbonyl (C=O) groups is 1. The summed E-state index contributed by atoms with van der Waals surface area (Å²) in [6.45, 7) is 4.51. The highest BCUT2D eigenvalue weighted by atomic mass is 19.4. The number of nitrogens with one attached hydrogen (secondary N) is 2. The van der Waals surface area contributed by atoms with Gasteiger partial charge < -0.3 is 10.6 Å². The van der Waals surface area contributed by atoms with Crippen molar-refractivity contribution in [1.29, 1.82) is 0 Å². The van der Waals surface area contributed by atoms with Gasteiger partial charge in [0.25, 0.3) is 0 Å². The average Bonchev–Trinajstić information content (AvgIpc) is 3.10. The molecule has 2 aromatic carbocycles. The van der Waals surface area contributed by atoms with E-state index in [0.29, 0.717) is 24.2 Å². The van der Waals surface area contributed by atoms with E-state index in [1.165, 1.54) is 24.3 Å². The molecular weight excluding hydrogens is 372 g/mol. The third kappa shape index (κ3) is 4.52. The first-order chi connectivity index (χ1) is 13.1. The summed E-state index contributed by atoms with van der Waals surface area (Å²) in [6.07, 6.45) is -4.39. The number of carbonyl (C=O) groups excluding carboxylic acids is 1. The van der Waals surface area contributed by atoms with E-state index in [1.807, 2.05) is 6.07 Å². The molecular formula is C21H22F4N2O. The Morgan fingerprint density at radius 1 is 1.14 bits per heavy atom. The van der Waals surface area contributed by atoms with Crippen LogP contribution in [-0.4, -0.2) is 19.0 Å². The van der Waals surface area contributed by atoms with Crippen molar-refractivity contribution in [3.8, 4) is 0 Å². The molecule has 2 aromatic rings. The van der Waals surface area contributed by atoms with Crippen molar-refractivity contribution < 1.29 is 22.4 Å². The number of halogens is 4. The number of rotatable bonds is 4. The highest BCUT2D eigenvalue weighted by Crippen LogP contribution is 2.33. The van der Waals surface area contributed by atoms with Gasteiger partial charge in [-0.15, -0.1) is 0 Å². The number of alkyl halides is 3. The first kappa shape index (κ1) is 20.3. The van der Waals surface area contributed by atoms with Crippen LogP contribution in [0.15, 0.2) is 42.5 Å². The Morgan fingerprint density at radius 2 is 1.82 bits per heavy atom. The molecule has 0 saturated carbocycles. The summed E-state index contributed by atoms with van der Waals surface area (Å²) in [5, 5.41) is 6.04. The topological polar surface area (TPSA) is 41.1 Å². The largest absolute Gasteiger partial charge is 0.416 e. The quantitative estimate of drug-likeness (QED) is 0.758. The average molecular weight is 394 g/mol. The summed E-state index contributed by atoms with van der Waals surface area (Å²) in [7, 11) is 0. The number of amides is 1. The van der Waals surface area contributed by atoms with E-state index in [1.54, 1.807) is 13.8 Å². The summed E-state index contributed by atoms with van der Waals surface area (Å²) >= 11 is 0. The van der Waals surface area contributed by atoms with Crippen LogP contribution in [0.3, 0.4) is 0 Å². The number of benzene rings is 2. The first-order valence-corrected chi connectivity index (χ1v) is 9.10. The summed E-state index contributed by atoms with van der Waals surface area (Å²) in [6, 6.07) is 9.18. The molecule has 0 aliphatic carbocycles. The van der Waals surface area contributed by atoms with Crippen LogP contribution in [0.4, 0.5) is 17.6 Å². The van der Waals surface area contributed by atoms with Gasteiger partial charge in [-0.05, 0) is 54.8 Å². The van der Waals surface area contributed by atoms with Crippen LogP contribution in [-0.2, 0) is 11.0 Å². The minimum atomic E-state index is -4.39. The molecule has 1 aliphatic rings. The standard InChI is InChI=1S/C21H22F4N2O/c1-12-7-15(9-17(22)8-12)13(2)27-20(28)19-11-26-10-18(19)14-3-5-16(6-4-14)21(23,24)25/h3-9,13,18-19,26H,10-11H2,1-2H3,(H,27,28). The highest BCUT2D eigenvalue weighted by Gasteiger charge is 2.35.